The molecule has 0 aliphatic heterocycles. The lowest BCUT2D eigenvalue weighted by molar-refractivity contribution is -0.132. The summed E-state index contributed by atoms with van der Waals surface area (Å²) in [7, 11) is 3.13. The van der Waals surface area contributed by atoms with Crippen LogP contribution in [0.3, 0.4) is 0 Å². The van der Waals surface area contributed by atoms with Crippen molar-refractivity contribution in [3.63, 3.8) is 0 Å². The Kier molecular flexibility index (Phi) is 5.54. The van der Waals surface area contributed by atoms with E-state index in [2.05, 4.69) is 10.4 Å². The van der Waals surface area contributed by atoms with Crippen molar-refractivity contribution in [3.8, 4) is 0 Å². The van der Waals surface area contributed by atoms with E-state index in [4.69, 9.17) is 0 Å². The first-order valence-corrected chi connectivity index (χ1v) is 8.90. The van der Waals surface area contributed by atoms with Gasteiger partial charge in [-0.25, -0.2) is 4.68 Å². The van der Waals surface area contributed by atoms with Crippen molar-refractivity contribution in [3.05, 3.63) is 70.1 Å². The van der Waals surface area contributed by atoms with Crippen molar-refractivity contribution in [1.29, 1.82) is 0 Å². The minimum atomic E-state index is -0.280. The summed E-state index contributed by atoms with van der Waals surface area (Å²) in [6.45, 7) is 1.89. The maximum Gasteiger partial charge on any atom is 0.274 e. The molecule has 0 saturated carbocycles. The van der Waals surface area contributed by atoms with Gasteiger partial charge >= 0.3 is 0 Å². The number of aromatic nitrogens is 2. The zero-order chi connectivity index (χ0) is 20.3. The molecule has 3 aromatic rings. The van der Waals surface area contributed by atoms with E-state index in [0.29, 0.717) is 22.2 Å². The minimum Gasteiger partial charge on any atom is -0.336 e. The number of aryl methyl sites for hydroxylation is 2. The van der Waals surface area contributed by atoms with Gasteiger partial charge in [0.05, 0.1) is 24.0 Å². The number of likely N-dealkylation sites (N-methyl/N-ethyl adjacent to an activating group) is 1. The number of anilines is 1. The normalized spacial score (nSPS) is 10.7. The fourth-order valence-electron chi connectivity index (χ4n) is 2.93. The second kappa shape index (κ2) is 8.04. The van der Waals surface area contributed by atoms with Crippen molar-refractivity contribution in [1.82, 2.24) is 14.7 Å². The fraction of sp³-hybridized carbons (Fsp3) is 0.238. The molecule has 144 valence electrons. The molecular weight excluding hydrogens is 356 g/mol. The first kappa shape index (κ1) is 19.3. The summed E-state index contributed by atoms with van der Waals surface area (Å²) in [5.41, 5.74) is 2.08. The summed E-state index contributed by atoms with van der Waals surface area (Å²) in [4.78, 5) is 38.4. The Bertz CT molecular complexity index is 1090. The molecule has 2 aromatic carbocycles. The van der Waals surface area contributed by atoms with Crippen LogP contribution in [-0.4, -0.2) is 40.1 Å². The van der Waals surface area contributed by atoms with E-state index in [-0.39, 0.29) is 30.3 Å². The van der Waals surface area contributed by atoms with Crippen LogP contribution in [0.1, 0.15) is 11.3 Å². The number of nitrogens with zero attached hydrogens (tertiary/aromatic N) is 3. The zero-order valence-electron chi connectivity index (χ0n) is 16.1. The van der Waals surface area contributed by atoms with Crippen LogP contribution in [-0.2, 0) is 23.1 Å². The molecule has 1 N–H and O–H groups in total. The molecule has 28 heavy (non-hydrogen) atoms. The third-order valence-corrected chi connectivity index (χ3v) is 4.49. The molecular formula is C21H22N4O3. The van der Waals surface area contributed by atoms with Crippen LogP contribution in [0.5, 0.6) is 0 Å². The monoisotopic (exact) mass is 378 g/mol. The van der Waals surface area contributed by atoms with Crippen molar-refractivity contribution in [2.24, 2.45) is 7.05 Å². The Morgan fingerprint density at radius 3 is 2.39 bits per heavy atom. The topological polar surface area (TPSA) is 84.3 Å². The van der Waals surface area contributed by atoms with Crippen LogP contribution in [0.15, 0.2) is 53.3 Å². The van der Waals surface area contributed by atoms with Gasteiger partial charge in [0.1, 0.15) is 0 Å². The molecule has 0 fully saturated rings. The van der Waals surface area contributed by atoms with Gasteiger partial charge in [-0.05, 0) is 25.1 Å². The molecule has 0 saturated heterocycles. The second-order valence-corrected chi connectivity index (χ2v) is 6.76. The van der Waals surface area contributed by atoms with E-state index >= 15 is 0 Å². The Morgan fingerprint density at radius 1 is 1.07 bits per heavy atom. The molecule has 0 atom stereocenters. The standard InChI is InChI=1S/C21H22N4O3/c1-14-8-10-15(11-9-14)22-19(26)13-24(2)20(27)12-18-16-6-4-5-7-17(16)21(28)25(3)23-18/h4-11H,12-13H2,1-3H3,(H,22,26). The SMILES string of the molecule is Cc1ccc(NC(=O)CN(C)C(=O)Cc2nn(C)c(=O)c3ccccc23)cc1. The van der Waals surface area contributed by atoms with Gasteiger partial charge < -0.3 is 10.2 Å². The lowest BCUT2D eigenvalue weighted by Crippen LogP contribution is -2.36. The highest BCUT2D eigenvalue weighted by atomic mass is 16.2. The summed E-state index contributed by atoms with van der Waals surface area (Å²) in [6.07, 6.45) is 0.00292. The number of carbonyl (C=O) groups is 2. The van der Waals surface area contributed by atoms with Crippen molar-refractivity contribution in [2.75, 3.05) is 18.9 Å². The molecule has 3 rings (SSSR count). The number of hydrogen-bond acceptors (Lipinski definition) is 4. The number of nitrogens with one attached hydrogen (secondary N) is 1. The summed E-state index contributed by atoms with van der Waals surface area (Å²) in [6, 6.07) is 14.5. The average molecular weight is 378 g/mol. The average Bonchev–Trinajstić information content (AvgIpc) is 2.67. The largest absolute Gasteiger partial charge is 0.336 e. The Morgan fingerprint density at radius 2 is 1.71 bits per heavy atom. The van der Waals surface area contributed by atoms with E-state index in [1.807, 2.05) is 31.2 Å². The molecule has 0 aliphatic rings. The molecule has 2 amide bonds. The van der Waals surface area contributed by atoms with E-state index in [1.165, 1.54) is 9.58 Å². The fourth-order valence-corrected chi connectivity index (χ4v) is 2.93. The maximum atomic E-state index is 12.6. The molecule has 1 heterocycles. The van der Waals surface area contributed by atoms with Crippen molar-refractivity contribution in [2.45, 2.75) is 13.3 Å². The highest BCUT2D eigenvalue weighted by Gasteiger charge is 2.17. The van der Waals surface area contributed by atoms with Gasteiger partial charge in [-0.1, -0.05) is 35.9 Å². The number of amides is 2. The first-order valence-electron chi connectivity index (χ1n) is 8.90. The maximum absolute atomic E-state index is 12.6. The minimum absolute atomic E-state index is 0.00292. The quantitative estimate of drug-likeness (QED) is 0.735. The number of hydrogen-bond donors (Lipinski definition) is 1. The molecule has 7 nitrogen and oxygen atoms in total. The van der Waals surface area contributed by atoms with E-state index in [9.17, 15) is 14.4 Å². The summed E-state index contributed by atoms with van der Waals surface area (Å²) in [5, 5.41) is 8.17. The predicted octanol–water partition coefficient (Wildman–Crippen LogP) is 1.88. The number of fused-ring (bicyclic) bond motifs is 1. The van der Waals surface area contributed by atoms with Gasteiger partial charge in [0.2, 0.25) is 11.8 Å². The predicted molar refractivity (Wildman–Crippen MR) is 108 cm³/mol. The lowest BCUT2D eigenvalue weighted by atomic mass is 10.1. The molecule has 0 spiro atoms. The van der Waals surface area contributed by atoms with Gasteiger partial charge in [0, 0.05) is 25.2 Å². The highest BCUT2D eigenvalue weighted by Crippen LogP contribution is 2.14. The second-order valence-electron chi connectivity index (χ2n) is 6.76. The molecule has 7 heteroatoms. The molecule has 0 radical (unpaired) electrons. The van der Waals surface area contributed by atoms with Gasteiger partial charge in [0.15, 0.2) is 0 Å². The van der Waals surface area contributed by atoms with E-state index < -0.39 is 0 Å². The van der Waals surface area contributed by atoms with E-state index in [0.717, 1.165) is 5.56 Å². The van der Waals surface area contributed by atoms with Gasteiger partial charge in [-0.15, -0.1) is 0 Å². The van der Waals surface area contributed by atoms with Crippen LogP contribution in [0.4, 0.5) is 5.69 Å². The highest BCUT2D eigenvalue weighted by molar-refractivity contribution is 5.95. The number of rotatable bonds is 5. The van der Waals surface area contributed by atoms with Crippen molar-refractivity contribution >= 4 is 28.3 Å². The first-order chi connectivity index (χ1) is 13.3. The smallest absolute Gasteiger partial charge is 0.274 e. The Hall–Kier alpha value is -3.48. The Balaban J connectivity index is 1.70. The van der Waals surface area contributed by atoms with Gasteiger partial charge in [0.25, 0.3) is 5.56 Å². The Labute approximate surface area is 162 Å². The molecule has 1 aromatic heterocycles. The summed E-state index contributed by atoms with van der Waals surface area (Å²) < 4.78 is 1.23. The zero-order valence-corrected chi connectivity index (χ0v) is 16.1. The van der Waals surface area contributed by atoms with Crippen LogP contribution in [0.2, 0.25) is 0 Å². The van der Waals surface area contributed by atoms with Gasteiger partial charge in [-0.3, -0.25) is 14.4 Å². The van der Waals surface area contributed by atoms with Crippen LogP contribution < -0.4 is 10.9 Å². The summed E-state index contributed by atoms with van der Waals surface area (Å²) in [5.74, 6) is -0.534. The number of carbonyl (C=O) groups excluding carboxylic acids is 2. The van der Waals surface area contributed by atoms with E-state index in [1.54, 1.807) is 38.4 Å². The van der Waals surface area contributed by atoms with Crippen LogP contribution in [0.25, 0.3) is 10.8 Å². The number of benzene rings is 2. The third kappa shape index (κ3) is 4.25. The molecule has 0 bridgehead atoms. The molecule has 0 aliphatic carbocycles. The third-order valence-electron chi connectivity index (χ3n) is 4.49. The van der Waals surface area contributed by atoms with Crippen LogP contribution >= 0.6 is 0 Å². The molecule has 0 unspecified atom stereocenters. The van der Waals surface area contributed by atoms with Crippen LogP contribution in [0, 0.1) is 6.92 Å². The lowest BCUT2D eigenvalue weighted by Gasteiger charge is -2.17. The van der Waals surface area contributed by atoms with Gasteiger partial charge in [-0.2, -0.15) is 5.10 Å². The van der Waals surface area contributed by atoms with Crippen molar-refractivity contribution < 1.29 is 9.59 Å². The summed E-state index contributed by atoms with van der Waals surface area (Å²) >= 11 is 0.